The summed E-state index contributed by atoms with van der Waals surface area (Å²) >= 11 is 0. The number of aliphatic carboxylic acids is 1. The highest BCUT2D eigenvalue weighted by molar-refractivity contribution is 5.67. The molecule has 1 atom stereocenters. The number of carboxylic acids is 1. The monoisotopic (exact) mass is 171 g/mol. The number of carbonyl (C=O) groups excluding carboxylic acids is 1. The van der Waals surface area contributed by atoms with E-state index in [9.17, 15) is 9.90 Å². The molecule has 1 N–H and O–H groups in total. The molecule has 70 valence electrons. The number of rotatable bonds is 3. The maximum Gasteiger partial charge on any atom is 0.0849 e. The average Bonchev–Trinajstić information content (AvgIpc) is 2.06. The maximum atomic E-state index is 10.4. The number of piperidine rings is 1. The normalized spacial score (nSPS) is 22.1. The molecular weight excluding hydrogens is 154 g/mol. The van der Waals surface area contributed by atoms with Crippen LogP contribution in [0.15, 0.2) is 0 Å². The van der Waals surface area contributed by atoms with Gasteiger partial charge < -0.3 is 14.8 Å². The predicted octanol–water partition coefficient (Wildman–Crippen LogP) is -1.56. The molecule has 1 heterocycles. The molecule has 0 aliphatic carbocycles. The number of hydrogen-bond donors (Lipinski definition) is 1. The Morgan fingerprint density at radius 1 is 1.42 bits per heavy atom. The lowest BCUT2D eigenvalue weighted by atomic mass is 10.1. The molecule has 1 aliphatic heterocycles. The molecule has 1 saturated heterocycles. The smallest absolute Gasteiger partial charge is 0.0849 e. The first-order valence-corrected chi connectivity index (χ1v) is 4.74. The fourth-order valence-corrected chi connectivity index (χ4v) is 1.77. The summed E-state index contributed by atoms with van der Waals surface area (Å²) < 4.78 is 0. The van der Waals surface area contributed by atoms with E-state index in [-0.39, 0.29) is 5.92 Å². The van der Waals surface area contributed by atoms with Crippen LogP contribution in [0.3, 0.4) is 0 Å². The summed E-state index contributed by atoms with van der Waals surface area (Å²) in [7, 11) is 0. The quantitative estimate of drug-likeness (QED) is 0.558. The first kappa shape index (κ1) is 9.52. The molecule has 0 aromatic rings. The molecule has 0 spiro atoms. The van der Waals surface area contributed by atoms with Crippen LogP contribution in [0.2, 0.25) is 0 Å². The van der Waals surface area contributed by atoms with Gasteiger partial charge in [0.25, 0.3) is 0 Å². The van der Waals surface area contributed by atoms with Gasteiger partial charge in [0, 0.05) is 11.9 Å². The number of nitrogens with one attached hydrogen (secondary N) is 1. The Labute approximate surface area is 73.4 Å². The summed E-state index contributed by atoms with van der Waals surface area (Å²) in [5.41, 5.74) is 0. The van der Waals surface area contributed by atoms with Crippen molar-refractivity contribution < 1.29 is 14.8 Å². The van der Waals surface area contributed by atoms with Gasteiger partial charge in [-0.05, 0) is 19.3 Å². The Hall–Kier alpha value is -0.570. The van der Waals surface area contributed by atoms with Crippen LogP contribution >= 0.6 is 0 Å². The van der Waals surface area contributed by atoms with Crippen molar-refractivity contribution in [3.8, 4) is 0 Å². The lowest BCUT2D eigenvalue weighted by Crippen LogP contribution is -3.13. The number of likely N-dealkylation sites (tertiary alicyclic amines) is 1. The van der Waals surface area contributed by atoms with E-state index in [1.807, 2.05) is 0 Å². The van der Waals surface area contributed by atoms with Gasteiger partial charge in [0.2, 0.25) is 0 Å². The third-order valence-electron chi connectivity index (χ3n) is 2.56. The highest BCUT2D eigenvalue weighted by atomic mass is 16.4. The van der Waals surface area contributed by atoms with Crippen LogP contribution in [0.5, 0.6) is 0 Å². The average molecular weight is 171 g/mol. The molecule has 3 nitrogen and oxygen atoms in total. The second-order valence-corrected chi connectivity index (χ2v) is 3.73. The molecule has 12 heavy (non-hydrogen) atoms. The fraction of sp³-hybridized carbons (Fsp3) is 0.889. The van der Waals surface area contributed by atoms with Gasteiger partial charge in [-0.15, -0.1) is 0 Å². The zero-order valence-electron chi connectivity index (χ0n) is 7.64. The Morgan fingerprint density at radius 3 is 2.50 bits per heavy atom. The third-order valence-corrected chi connectivity index (χ3v) is 2.56. The SMILES string of the molecule is C[C@H](C[NH+]1CCCCC1)C(=O)[O-]. The van der Waals surface area contributed by atoms with Crippen molar-refractivity contribution in [2.75, 3.05) is 19.6 Å². The van der Waals surface area contributed by atoms with Gasteiger partial charge in [0.1, 0.15) is 0 Å². The van der Waals surface area contributed by atoms with Crippen molar-refractivity contribution in [2.45, 2.75) is 26.2 Å². The van der Waals surface area contributed by atoms with Crippen molar-refractivity contribution in [1.82, 2.24) is 0 Å². The summed E-state index contributed by atoms with van der Waals surface area (Å²) in [5, 5.41) is 10.4. The van der Waals surface area contributed by atoms with Gasteiger partial charge in [-0.3, -0.25) is 0 Å². The first-order valence-electron chi connectivity index (χ1n) is 4.74. The summed E-state index contributed by atoms with van der Waals surface area (Å²) in [6, 6.07) is 0. The molecule has 1 aliphatic rings. The Bertz CT molecular complexity index is 153. The molecular formula is C9H17NO2. The topological polar surface area (TPSA) is 44.6 Å². The highest BCUT2D eigenvalue weighted by Crippen LogP contribution is 1.96. The minimum absolute atomic E-state index is 0.293. The van der Waals surface area contributed by atoms with E-state index in [0.29, 0.717) is 0 Å². The molecule has 1 fully saturated rings. The summed E-state index contributed by atoms with van der Waals surface area (Å²) in [4.78, 5) is 11.9. The Kier molecular flexibility index (Phi) is 3.53. The van der Waals surface area contributed by atoms with Gasteiger partial charge in [-0.1, -0.05) is 6.92 Å². The van der Waals surface area contributed by atoms with Crippen LogP contribution in [0.1, 0.15) is 26.2 Å². The summed E-state index contributed by atoms with van der Waals surface area (Å²) in [5.74, 6) is -1.20. The standard InChI is InChI=1S/C9H17NO2/c1-8(9(11)12)7-10-5-3-2-4-6-10/h8H,2-7H2,1H3,(H,11,12)/t8-/m1/s1. The molecule has 3 heteroatoms. The summed E-state index contributed by atoms with van der Waals surface area (Å²) in [6.07, 6.45) is 3.80. The first-order chi connectivity index (χ1) is 5.70. The predicted molar refractivity (Wildman–Crippen MR) is 43.6 cm³/mol. The van der Waals surface area contributed by atoms with Crippen molar-refractivity contribution in [1.29, 1.82) is 0 Å². The van der Waals surface area contributed by atoms with Crippen LogP contribution < -0.4 is 10.0 Å². The molecule has 0 unspecified atom stereocenters. The molecule has 0 saturated carbocycles. The van der Waals surface area contributed by atoms with Crippen molar-refractivity contribution >= 4 is 5.97 Å². The zero-order chi connectivity index (χ0) is 8.97. The number of quaternary nitrogens is 1. The van der Waals surface area contributed by atoms with Gasteiger partial charge in [0.15, 0.2) is 0 Å². The van der Waals surface area contributed by atoms with Gasteiger partial charge >= 0.3 is 0 Å². The lowest BCUT2D eigenvalue weighted by Gasteiger charge is -2.26. The van der Waals surface area contributed by atoms with E-state index in [4.69, 9.17) is 0 Å². The highest BCUT2D eigenvalue weighted by Gasteiger charge is 2.16. The molecule has 1 rings (SSSR count). The van der Waals surface area contributed by atoms with E-state index in [0.717, 1.165) is 19.6 Å². The number of carbonyl (C=O) groups is 1. The summed E-state index contributed by atoms with van der Waals surface area (Å²) in [6.45, 7) is 4.74. The van der Waals surface area contributed by atoms with E-state index in [1.54, 1.807) is 6.92 Å². The fourth-order valence-electron chi connectivity index (χ4n) is 1.77. The van der Waals surface area contributed by atoms with Crippen LogP contribution in [0.25, 0.3) is 0 Å². The molecule has 0 aromatic heterocycles. The molecule has 0 amide bonds. The molecule has 0 radical (unpaired) electrons. The second-order valence-electron chi connectivity index (χ2n) is 3.73. The van der Waals surface area contributed by atoms with Crippen LogP contribution in [0, 0.1) is 5.92 Å². The number of hydrogen-bond acceptors (Lipinski definition) is 2. The molecule has 0 bridgehead atoms. The lowest BCUT2D eigenvalue weighted by molar-refractivity contribution is -0.907. The van der Waals surface area contributed by atoms with Crippen molar-refractivity contribution in [3.05, 3.63) is 0 Å². The van der Waals surface area contributed by atoms with E-state index in [1.165, 1.54) is 24.2 Å². The van der Waals surface area contributed by atoms with Gasteiger partial charge in [0.05, 0.1) is 19.6 Å². The minimum atomic E-state index is -0.909. The second kappa shape index (κ2) is 4.45. The van der Waals surface area contributed by atoms with Crippen molar-refractivity contribution in [3.63, 3.8) is 0 Å². The van der Waals surface area contributed by atoms with Gasteiger partial charge in [-0.25, -0.2) is 0 Å². The number of carboxylic acid groups (broad SMARTS) is 1. The van der Waals surface area contributed by atoms with E-state index in [2.05, 4.69) is 0 Å². The van der Waals surface area contributed by atoms with Crippen LogP contribution in [-0.4, -0.2) is 25.6 Å². The zero-order valence-corrected chi connectivity index (χ0v) is 7.64. The van der Waals surface area contributed by atoms with Crippen LogP contribution in [0.4, 0.5) is 0 Å². The Balaban J connectivity index is 2.24. The van der Waals surface area contributed by atoms with Gasteiger partial charge in [-0.2, -0.15) is 0 Å². The molecule has 0 aromatic carbocycles. The van der Waals surface area contributed by atoms with Crippen LogP contribution in [-0.2, 0) is 4.79 Å². The third kappa shape index (κ3) is 2.81. The van der Waals surface area contributed by atoms with Crippen molar-refractivity contribution in [2.24, 2.45) is 5.92 Å². The van der Waals surface area contributed by atoms with E-state index < -0.39 is 5.97 Å². The maximum absolute atomic E-state index is 10.4. The Morgan fingerprint density at radius 2 is 2.00 bits per heavy atom. The largest absolute Gasteiger partial charge is 0.550 e. The van der Waals surface area contributed by atoms with E-state index >= 15 is 0 Å². The minimum Gasteiger partial charge on any atom is -0.550 e.